The molecular formula is C14H13FN6O. The molecule has 8 heteroatoms. The molecule has 0 spiro atoms. The second-order valence-corrected chi connectivity index (χ2v) is 4.36. The third-order valence-corrected chi connectivity index (χ3v) is 2.85. The smallest absolute Gasteiger partial charge is 0.229 e. The van der Waals surface area contributed by atoms with E-state index in [1.165, 1.54) is 0 Å². The van der Waals surface area contributed by atoms with Crippen LogP contribution < -0.4 is 15.4 Å². The van der Waals surface area contributed by atoms with Gasteiger partial charge in [0.15, 0.2) is 11.6 Å². The third-order valence-electron chi connectivity index (χ3n) is 2.85. The minimum Gasteiger partial charge on any atom is -0.497 e. The lowest BCUT2D eigenvalue weighted by molar-refractivity contribution is 0.415. The maximum atomic E-state index is 13.8. The van der Waals surface area contributed by atoms with Crippen molar-refractivity contribution < 1.29 is 9.13 Å². The van der Waals surface area contributed by atoms with E-state index in [2.05, 4.69) is 30.8 Å². The molecule has 3 aromatic rings. The van der Waals surface area contributed by atoms with Crippen LogP contribution >= 0.6 is 0 Å². The number of rotatable bonds is 5. The van der Waals surface area contributed by atoms with Gasteiger partial charge in [-0.25, -0.2) is 9.37 Å². The van der Waals surface area contributed by atoms with Gasteiger partial charge in [0.05, 0.1) is 25.2 Å². The number of hydrogen-bond donors (Lipinski definition) is 3. The Hall–Kier alpha value is -3.16. The molecular weight excluding hydrogens is 287 g/mol. The Morgan fingerprint density at radius 3 is 2.59 bits per heavy atom. The van der Waals surface area contributed by atoms with Crippen molar-refractivity contribution in [3.8, 4) is 5.75 Å². The zero-order chi connectivity index (χ0) is 15.4. The summed E-state index contributed by atoms with van der Waals surface area (Å²) in [5.41, 5.74) is 1.37. The highest BCUT2D eigenvalue weighted by Crippen LogP contribution is 2.21. The second-order valence-electron chi connectivity index (χ2n) is 4.36. The molecule has 0 amide bonds. The van der Waals surface area contributed by atoms with E-state index in [1.54, 1.807) is 43.8 Å². The molecule has 0 bridgehead atoms. The summed E-state index contributed by atoms with van der Waals surface area (Å²) in [6, 6.07) is 7.07. The molecule has 3 rings (SSSR count). The number of anilines is 4. The summed E-state index contributed by atoms with van der Waals surface area (Å²) < 4.78 is 18.9. The highest BCUT2D eigenvalue weighted by atomic mass is 19.1. The van der Waals surface area contributed by atoms with E-state index < -0.39 is 5.82 Å². The molecule has 0 fully saturated rings. The number of halogens is 1. The predicted molar refractivity (Wildman–Crippen MR) is 80.1 cm³/mol. The number of nitrogens with one attached hydrogen (secondary N) is 3. The van der Waals surface area contributed by atoms with Gasteiger partial charge in [-0.3, -0.25) is 5.10 Å². The molecule has 3 N–H and O–H groups in total. The van der Waals surface area contributed by atoms with E-state index in [0.717, 1.165) is 11.9 Å². The van der Waals surface area contributed by atoms with Crippen LogP contribution in [0.1, 0.15) is 0 Å². The van der Waals surface area contributed by atoms with Crippen LogP contribution in [-0.2, 0) is 0 Å². The largest absolute Gasteiger partial charge is 0.497 e. The topological polar surface area (TPSA) is 87.8 Å². The molecule has 112 valence electrons. The molecule has 0 saturated heterocycles. The summed E-state index contributed by atoms with van der Waals surface area (Å²) in [4.78, 5) is 7.99. The lowest BCUT2D eigenvalue weighted by Gasteiger charge is -2.09. The summed E-state index contributed by atoms with van der Waals surface area (Å²) >= 11 is 0. The summed E-state index contributed by atoms with van der Waals surface area (Å²) in [7, 11) is 1.58. The number of H-pyrrole nitrogens is 1. The Morgan fingerprint density at radius 1 is 1.09 bits per heavy atom. The number of nitrogens with zero attached hydrogens (tertiary/aromatic N) is 3. The Labute approximate surface area is 125 Å². The van der Waals surface area contributed by atoms with Crippen LogP contribution in [0.4, 0.5) is 27.5 Å². The van der Waals surface area contributed by atoms with E-state index in [4.69, 9.17) is 4.74 Å². The fourth-order valence-electron chi connectivity index (χ4n) is 1.77. The molecule has 0 saturated carbocycles. The maximum Gasteiger partial charge on any atom is 0.229 e. The molecule has 7 nitrogen and oxygen atoms in total. The van der Waals surface area contributed by atoms with Gasteiger partial charge in [0.1, 0.15) is 5.75 Å². The van der Waals surface area contributed by atoms with Crippen molar-refractivity contribution in [2.45, 2.75) is 0 Å². The zero-order valence-electron chi connectivity index (χ0n) is 11.7. The monoisotopic (exact) mass is 300 g/mol. The van der Waals surface area contributed by atoms with Crippen LogP contribution in [0.3, 0.4) is 0 Å². The van der Waals surface area contributed by atoms with E-state index >= 15 is 0 Å². The predicted octanol–water partition coefficient (Wildman–Crippen LogP) is 2.83. The first-order valence-electron chi connectivity index (χ1n) is 6.44. The first-order chi connectivity index (χ1) is 10.7. The van der Waals surface area contributed by atoms with Crippen molar-refractivity contribution in [1.82, 2.24) is 20.2 Å². The number of aromatic amines is 1. The summed E-state index contributed by atoms with van der Waals surface area (Å²) in [6.45, 7) is 0. The Bertz CT molecular complexity index is 745. The summed E-state index contributed by atoms with van der Waals surface area (Å²) in [5.74, 6) is 0.509. The molecule has 22 heavy (non-hydrogen) atoms. The Balaban J connectivity index is 1.79. The lowest BCUT2D eigenvalue weighted by Crippen LogP contribution is -2.03. The molecule has 1 aromatic carbocycles. The van der Waals surface area contributed by atoms with Gasteiger partial charge < -0.3 is 15.4 Å². The highest BCUT2D eigenvalue weighted by Gasteiger charge is 2.08. The average Bonchev–Trinajstić information content (AvgIpc) is 3.04. The van der Waals surface area contributed by atoms with Gasteiger partial charge in [-0.2, -0.15) is 10.1 Å². The molecule has 0 aliphatic heterocycles. The van der Waals surface area contributed by atoms with Gasteiger partial charge in [0.2, 0.25) is 5.95 Å². The SMILES string of the molecule is COc1ccc(Nc2nc(Nc3cn[nH]c3)ncc2F)cc1. The van der Waals surface area contributed by atoms with E-state index in [1.807, 2.05) is 0 Å². The molecule has 2 heterocycles. The first kappa shape index (κ1) is 13.8. The van der Waals surface area contributed by atoms with Gasteiger partial charge in [-0.15, -0.1) is 0 Å². The van der Waals surface area contributed by atoms with Crippen LogP contribution in [0.5, 0.6) is 5.75 Å². The van der Waals surface area contributed by atoms with Crippen molar-refractivity contribution in [1.29, 1.82) is 0 Å². The van der Waals surface area contributed by atoms with Crippen molar-refractivity contribution >= 4 is 23.1 Å². The number of hydrogen-bond acceptors (Lipinski definition) is 6. The van der Waals surface area contributed by atoms with Gasteiger partial charge in [-0.1, -0.05) is 0 Å². The number of aromatic nitrogens is 4. The van der Waals surface area contributed by atoms with E-state index in [-0.39, 0.29) is 11.8 Å². The zero-order valence-corrected chi connectivity index (χ0v) is 11.7. The Kier molecular flexibility index (Phi) is 3.82. The summed E-state index contributed by atoms with van der Waals surface area (Å²) in [5, 5.41) is 12.3. The second kappa shape index (κ2) is 6.08. The molecule has 0 aliphatic carbocycles. The quantitative estimate of drug-likeness (QED) is 0.671. The number of benzene rings is 1. The van der Waals surface area contributed by atoms with Crippen LogP contribution in [0.25, 0.3) is 0 Å². The van der Waals surface area contributed by atoms with Gasteiger partial charge >= 0.3 is 0 Å². The minimum absolute atomic E-state index is 0.0751. The molecule has 0 unspecified atom stereocenters. The van der Waals surface area contributed by atoms with E-state index in [0.29, 0.717) is 11.4 Å². The molecule has 0 radical (unpaired) electrons. The number of ether oxygens (including phenoxy) is 1. The minimum atomic E-state index is -0.548. The maximum absolute atomic E-state index is 13.8. The van der Waals surface area contributed by atoms with Crippen LogP contribution in [-0.4, -0.2) is 27.3 Å². The van der Waals surface area contributed by atoms with Crippen LogP contribution in [0.2, 0.25) is 0 Å². The molecule has 2 aromatic heterocycles. The standard InChI is InChI=1S/C14H13FN6O/c1-22-11-4-2-9(3-5-11)19-13-12(15)8-16-14(21-13)20-10-6-17-18-7-10/h2-8H,1H3,(H,17,18)(H2,16,19,20,21). The van der Waals surface area contributed by atoms with Gasteiger partial charge in [-0.05, 0) is 24.3 Å². The number of methoxy groups -OCH3 is 1. The van der Waals surface area contributed by atoms with Crippen molar-refractivity contribution in [3.05, 3.63) is 48.7 Å². The highest BCUT2D eigenvalue weighted by molar-refractivity contribution is 5.60. The van der Waals surface area contributed by atoms with Gasteiger partial charge in [0.25, 0.3) is 0 Å². The van der Waals surface area contributed by atoms with Gasteiger partial charge in [0, 0.05) is 11.9 Å². The first-order valence-corrected chi connectivity index (χ1v) is 6.44. The lowest BCUT2D eigenvalue weighted by atomic mass is 10.3. The summed E-state index contributed by atoms with van der Waals surface area (Å²) in [6.07, 6.45) is 4.31. The third kappa shape index (κ3) is 3.11. The fourth-order valence-corrected chi connectivity index (χ4v) is 1.77. The molecule has 0 aliphatic rings. The van der Waals surface area contributed by atoms with Crippen molar-refractivity contribution in [2.24, 2.45) is 0 Å². The van der Waals surface area contributed by atoms with Crippen molar-refractivity contribution in [2.75, 3.05) is 17.7 Å². The fraction of sp³-hybridized carbons (Fsp3) is 0.0714. The molecule has 0 atom stereocenters. The Morgan fingerprint density at radius 2 is 1.91 bits per heavy atom. The van der Waals surface area contributed by atoms with Crippen molar-refractivity contribution in [3.63, 3.8) is 0 Å². The normalized spacial score (nSPS) is 10.3. The van der Waals surface area contributed by atoms with Crippen LogP contribution in [0, 0.1) is 5.82 Å². The van der Waals surface area contributed by atoms with Crippen LogP contribution in [0.15, 0.2) is 42.9 Å². The van der Waals surface area contributed by atoms with E-state index in [9.17, 15) is 4.39 Å². The average molecular weight is 300 g/mol.